The maximum Gasteiger partial charge on any atom is 0.327 e. The molecule has 0 aromatic carbocycles. The van der Waals surface area contributed by atoms with Gasteiger partial charge in [-0.15, -0.1) is 0 Å². The normalized spacial score (nSPS) is 16.3. The lowest BCUT2D eigenvalue weighted by Crippen LogP contribution is -2.13. The minimum atomic E-state index is -0.981. The molecule has 0 bridgehead atoms. The molecule has 0 aromatic rings. The number of hydrogen-bond donors (Lipinski definition) is 1. The third kappa shape index (κ3) is 8.67. The lowest BCUT2D eigenvalue weighted by molar-refractivity contribution is -0.160. The fourth-order valence-corrected chi connectivity index (χ4v) is 0.944. The number of hydrogen-bond acceptors (Lipinski definition) is 4. The molecular weight excluding hydrogens is 200 g/mol. The summed E-state index contributed by atoms with van der Waals surface area (Å²) in [5, 5.41) is 7.60. The largest absolute Gasteiger partial charge is 0.478 e. The average molecular weight is 214 g/mol. The zero-order chi connectivity index (χ0) is 11.7. The Labute approximate surface area is 87.7 Å². The van der Waals surface area contributed by atoms with E-state index in [0.717, 1.165) is 25.3 Å². The molecule has 84 valence electrons. The zero-order valence-electron chi connectivity index (χ0n) is 8.40. The Kier molecular flexibility index (Phi) is 6.88. The first kappa shape index (κ1) is 13.4. The number of carboxylic acids is 1. The van der Waals surface area contributed by atoms with E-state index in [9.17, 15) is 14.4 Å². The summed E-state index contributed by atoms with van der Waals surface area (Å²) in [6, 6.07) is 0. The topological polar surface area (TPSA) is 80.7 Å². The number of carboxylic acid groups (broad SMARTS) is 1. The first-order valence-corrected chi connectivity index (χ1v) is 4.65. The van der Waals surface area contributed by atoms with E-state index in [1.807, 2.05) is 0 Å². The second kappa shape index (κ2) is 7.73. The number of carbonyl (C=O) groups excluding carboxylic acids is 2. The summed E-state index contributed by atoms with van der Waals surface area (Å²) in [5.74, 6) is -1.72. The molecule has 1 rings (SSSR count). The Balaban J connectivity index is 0.000000336. The number of esters is 2. The lowest BCUT2D eigenvalue weighted by atomic mass is 10.1. The van der Waals surface area contributed by atoms with Crippen molar-refractivity contribution in [2.75, 3.05) is 0 Å². The fourth-order valence-electron chi connectivity index (χ4n) is 0.944. The molecule has 0 radical (unpaired) electrons. The highest BCUT2D eigenvalue weighted by molar-refractivity contribution is 5.85. The molecule has 5 nitrogen and oxygen atoms in total. The summed E-state index contributed by atoms with van der Waals surface area (Å²) in [7, 11) is 0. The summed E-state index contributed by atoms with van der Waals surface area (Å²) >= 11 is 0. The van der Waals surface area contributed by atoms with Gasteiger partial charge in [-0.1, -0.05) is 13.0 Å². The van der Waals surface area contributed by atoms with Crippen molar-refractivity contribution in [2.24, 2.45) is 0 Å². The first-order valence-electron chi connectivity index (χ1n) is 4.65. The number of ether oxygens (including phenoxy) is 1. The van der Waals surface area contributed by atoms with Gasteiger partial charge in [-0.25, -0.2) is 4.79 Å². The third-order valence-electron chi connectivity index (χ3n) is 1.66. The predicted molar refractivity (Wildman–Crippen MR) is 52.0 cm³/mol. The molecule has 0 aliphatic carbocycles. The highest BCUT2D eigenvalue weighted by Crippen LogP contribution is 2.09. The number of aliphatic carboxylic acids is 1. The van der Waals surface area contributed by atoms with Gasteiger partial charge in [0.15, 0.2) is 0 Å². The Bertz CT molecular complexity index is 241. The molecule has 0 amide bonds. The Morgan fingerprint density at radius 2 is 1.60 bits per heavy atom. The summed E-state index contributed by atoms with van der Waals surface area (Å²) in [6.07, 6.45) is 4.29. The highest BCUT2D eigenvalue weighted by atomic mass is 16.6. The van der Waals surface area contributed by atoms with Crippen LogP contribution in [0.25, 0.3) is 0 Å². The minimum absolute atomic E-state index is 0.371. The molecule has 1 aliphatic heterocycles. The monoisotopic (exact) mass is 214 g/mol. The maximum absolute atomic E-state index is 10.6. The molecule has 1 aliphatic rings. The Morgan fingerprint density at radius 3 is 1.93 bits per heavy atom. The van der Waals surface area contributed by atoms with E-state index in [-0.39, 0.29) is 11.9 Å². The van der Waals surface area contributed by atoms with E-state index in [1.165, 1.54) is 0 Å². The standard InChI is InChI=1S/C7H10O3.C3H4O2/c8-6-4-2-1-3-5-7(9)10-6;1-2-3(4)5/h1-5H2;2H,1H2,(H,4,5). The molecule has 0 aromatic heterocycles. The molecule has 0 atom stereocenters. The van der Waals surface area contributed by atoms with Crippen molar-refractivity contribution in [2.45, 2.75) is 32.1 Å². The van der Waals surface area contributed by atoms with Gasteiger partial charge in [0.05, 0.1) is 0 Å². The van der Waals surface area contributed by atoms with Crippen LogP contribution in [-0.2, 0) is 19.1 Å². The van der Waals surface area contributed by atoms with Gasteiger partial charge in [0, 0.05) is 18.9 Å². The molecule has 1 N–H and O–H groups in total. The van der Waals surface area contributed by atoms with E-state index >= 15 is 0 Å². The second-order valence-corrected chi connectivity index (χ2v) is 2.95. The Morgan fingerprint density at radius 1 is 1.20 bits per heavy atom. The number of cyclic esters (lactones) is 2. The summed E-state index contributed by atoms with van der Waals surface area (Å²) in [4.78, 5) is 30.5. The van der Waals surface area contributed by atoms with Crippen LogP contribution in [0.2, 0.25) is 0 Å². The van der Waals surface area contributed by atoms with Gasteiger partial charge in [-0.3, -0.25) is 9.59 Å². The van der Waals surface area contributed by atoms with Crippen LogP contribution in [0.5, 0.6) is 0 Å². The van der Waals surface area contributed by atoms with E-state index in [0.29, 0.717) is 12.8 Å². The minimum Gasteiger partial charge on any atom is -0.478 e. The van der Waals surface area contributed by atoms with Crippen molar-refractivity contribution in [3.63, 3.8) is 0 Å². The third-order valence-corrected chi connectivity index (χ3v) is 1.66. The smallest absolute Gasteiger partial charge is 0.327 e. The van der Waals surface area contributed by atoms with Crippen molar-refractivity contribution in [3.05, 3.63) is 12.7 Å². The quantitative estimate of drug-likeness (QED) is 0.404. The molecule has 5 heteroatoms. The van der Waals surface area contributed by atoms with Crippen LogP contribution < -0.4 is 0 Å². The first-order chi connectivity index (χ1) is 7.06. The van der Waals surface area contributed by atoms with E-state index in [2.05, 4.69) is 11.3 Å². The van der Waals surface area contributed by atoms with Crippen LogP contribution in [0.1, 0.15) is 32.1 Å². The van der Waals surface area contributed by atoms with Gasteiger partial charge in [0.2, 0.25) is 0 Å². The summed E-state index contributed by atoms with van der Waals surface area (Å²) in [5.41, 5.74) is 0. The van der Waals surface area contributed by atoms with E-state index in [1.54, 1.807) is 0 Å². The molecule has 1 saturated heterocycles. The summed E-state index contributed by atoms with van der Waals surface area (Å²) < 4.78 is 4.41. The molecular formula is C10H14O5. The van der Waals surface area contributed by atoms with Crippen molar-refractivity contribution in [1.82, 2.24) is 0 Å². The van der Waals surface area contributed by atoms with Crippen molar-refractivity contribution in [1.29, 1.82) is 0 Å². The maximum atomic E-state index is 10.6. The van der Waals surface area contributed by atoms with Gasteiger partial charge in [-0.05, 0) is 12.8 Å². The van der Waals surface area contributed by atoms with Gasteiger partial charge in [-0.2, -0.15) is 0 Å². The molecule has 1 fully saturated rings. The van der Waals surface area contributed by atoms with E-state index in [4.69, 9.17) is 5.11 Å². The molecule has 0 saturated carbocycles. The Hall–Kier alpha value is -1.65. The average Bonchev–Trinajstić information content (AvgIpc) is 2.15. The SMILES string of the molecule is C=CC(=O)O.O=C1CCCCCC(=O)O1. The predicted octanol–water partition coefficient (Wildman–Crippen LogP) is 1.28. The van der Waals surface area contributed by atoms with Gasteiger partial charge in [0.1, 0.15) is 0 Å². The molecule has 15 heavy (non-hydrogen) atoms. The molecule has 0 spiro atoms. The highest BCUT2D eigenvalue weighted by Gasteiger charge is 2.12. The van der Waals surface area contributed by atoms with Crippen LogP contribution in [0.15, 0.2) is 12.7 Å². The van der Waals surface area contributed by atoms with Gasteiger partial charge < -0.3 is 9.84 Å². The zero-order valence-corrected chi connectivity index (χ0v) is 8.40. The van der Waals surface area contributed by atoms with E-state index < -0.39 is 5.97 Å². The summed E-state index contributed by atoms with van der Waals surface area (Å²) in [6.45, 7) is 2.96. The van der Waals surface area contributed by atoms with Crippen LogP contribution >= 0.6 is 0 Å². The molecule has 1 heterocycles. The van der Waals surface area contributed by atoms with Crippen LogP contribution in [0.3, 0.4) is 0 Å². The number of rotatable bonds is 1. The van der Waals surface area contributed by atoms with Gasteiger partial charge in [0.25, 0.3) is 0 Å². The lowest BCUT2D eigenvalue weighted by Gasteiger charge is -2.06. The number of carbonyl (C=O) groups is 3. The van der Waals surface area contributed by atoms with Crippen LogP contribution in [0, 0.1) is 0 Å². The fraction of sp³-hybridized carbons (Fsp3) is 0.500. The van der Waals surface area contributed by atoms with Gasteiger partial charge >= 0.3 is 17.9 Å². The second-order valence-electron chi connectivity index (χ2n) is 2.95. The van der Waals surface area contributed by atoms with Crippen molar-refractivity contribution in [3.8, 4) is 0 Å². The van der Waals surface area contributed by atoms with Crippen molar-refractivity contribution >= 4 is 17.9 Å². The molecule has 0 unspecified atom stereocenters. The van der Waals surface area contributed by atoms with Crippen LogP contribution in [0.4, 0.5) is 0 Å². The van der Waals surface area contributed by atoms with Crippen LogP contribution in [-0.4, -0.2) is 23.0 Å². The van der Waals surface area contributed by atoms with Crippen molar-refractivity contribution < 1.29 is 24.2 Å².